The Hall–Kier alpha value is -1.32. The highest BCUT2D eigenvalue weighted by Crippen LogP contribution is 2.13. The molecule has 0 aliphatic carbocycles. The van der Waals surface area contributed by atoms with Gasteiger partial charge in [-0.1, -0.05) is 117 Å². The molecule has 0 aromatic carbocycles. The lowest BCUT2D eigenvalue weighted by Gasteiger charge is -2.03. The number of carboxylic acids is 2. The molecule has 0 amide bonds. The van der Waals surface area contributed by atoms with Crippen molar-refractivity contribution in [3.63, 3.8) is 0 Å². The minimum atomic E-state index is -0.872. The second-order valence-corrected chi connectivity index (χ2v) is 8.11. The van der Waals surface area contributed by atoms with Crippen LogP contribution >= 0.6 is 0 Å². The molecule has 0 radical (unpaired) electrons. The summed E-state index contributed by atoms with van der Waals surface area (Å²) in [6, 6.07) is 0. The molecule has 0 atom stereocenters. The number of carbonyl (C=O) groups is 2. The highest BCUT2D eigenvalue weighted by Gasteiger charge is 2.00. The van der Waals surface area contributed by atoms with Gasteiger partial charge in [0, 0.05) is 12.0 Å². The molecule has 0 heterocycles. The molecule has 4 nitrogen and oxygen atoms in total. The summed E-state index contributed by atoms with van der Waals surface area (Å²) < 4.78 is 0. The second kappa shape index (κ2) is 24.7. The molecular formula is C25H48O4. The third-order valence-electron chi connectivity index (χ3n) is 5.13. The summed E-state index contributed by atoms with van der Waals surface area (Å²) in [6.07, 6.45) is 22.8. The summed E-state index contributed by atoms with van der Waals surface area (Å²) in [5, 5.41) is 16.8. The molecule has 0 aliphatic rings. The molecule has 0 aromatic heterocycles. The maximum absolute atomic E-state index is 10.3. The summed E-state index contributed by atoms with van der Waals surface area (Å²) in [4.78, 5) is 20.4. The van der Waals surface area contributed by atoms with Crippen LogP contribution in [-0.4, -0.2) is 22.2 Å². The minimum Gasteiger partial charge on any atom is -0.481 e. The van der Waals surface area contributed by atoms with E-state index in [1.165, 1.54) is 83.5 Å². The van der Waals surface area contributed by atoms with Crippen molar-refractivity contribution in [2.75, 3.05) is 0 Å². The van der Waals surface area contributed by atoms with Gasteiger partial charge in [-0.3, -0.25) is 4.79 Å². The van der Waals surface area contributed by atoms with Gasteiger partial charge >= 0.3 is 11.9 Å². The molecule has 0 bridgehead atoms. The van der Waals surface area contributed by atoms with Crippen LogP contribution < -0.4 is 0 Å². The van der Waals surface area contributed by atoms with Crippen molar-refractivity contribution in [3.8, 4) is 0 Å². The monoisotopic (exact) mass is 412 g/mol. The highest BCUT2D eigenvalue weighted by atomic mass is 16.4. The van der Waals surface area contributed by atoms with Gasteiger partial charge in [-0.25, -0.2) is 4.79 Å². The summed E-state index contributed by atoms with van der Waals surface area (Å²) in [7, 11) is 0. The van der Waals surface area contributed by atoms with E-state index < -0.39 is 11.9 Å². The molecule has 4 heteroatoms. The Labute approximate surface area is 180 Å². The van der Waals surface area contributed by atoms with Crippen molar-refractivity contribution in [1.82, 2.24) is 0 Å². The fourth-order valence-corrected chi connectivity index (χ4v) is 3.14. The standard InChI is InChI=1S/C18H36O2.C7H12O2/c1-2-3-4-5-6-7-8-9-10-11-12-13-14-15-16-17-18(19)20;1-3-4-5-6(2)7(8)9/h2-17H2,1H3,(H,19,20);2-5H2,1H3,(H,8,9). The van der Waals surface area contributed by atoms with Crippen molar-refractivity contribution in [2.24, 2.45) is 0 Å². The first-order valence-corrected chi connectivity index (χ1v) is 12.1. The van der Waals surface area contributed by atoms with E-state index in [0.29, 0.717) is 18.4 Å². The maximum atomic E-state index is 10.3. The molecule has 0 unspecified atom stereocenters. The van der Waals surface area contributed by atoms with Crippen LogP contribution in [0.25, 0.3) is 0 Å². The van der Waals surface area contributed by atoms with Crippen molar-refractivity contribution in [2.45, 2.75) is 136 Å². The highest BCUT2D eigenvalue weighted by molar-refractivity contribution is 5.85. The van der Waals surface area contributed by atoms with Crippen molar-refractivity contribution in [3.05, 3.63) is 12.2 Å². The van der Waals surface area contributed by atoms with E-state index in [1.54, 1.807) is 0 Å². The average Bonchev–Trinajstić information content (AvgIpc) is 2.69. The number of carboxylic acid groups (broad SMARTS) is 2. The Kier molecular flexibility index (Phi) is 25.5. The number of hydrogen-bond donors (Lipinski definition) is 2. The summed E-state index contributed by atoms with van der Waals surface area (Å²) in [5.74, 6) is -1.52. The molecule has 0 aromatic rings. The van der Waals surface area contributed by atoms with Crippen LogP contribution in [0.15, 0.2) is 12.2 Å². The largest absolute Gasteiger partial charge is 0.481 e. The van der Waals surface area contributed by atoms with E-state index in [4.69, 9.17) is 10.2 Å². The Morgan fingerprint density at radius 3 is 1.21 bits per heavy atom. The zero-order chi connectivity index (χ0) is 22.2. The molecule has 2 N–H and O–H groups in total. The summed E-state index contributed by atoms with van der Waals surface area (Å²) >= 11 is 0. The lowest BCUT2D eigenvalue weighted by Crippen LogP contribution is -1.97. The maximum Gasteiger partial charge on any atom is 0.330 e. The minimum absolute atomic E-state index is 0.317. The van der Waals surface area contributed by atoms with Gasteiger partial charge in [0.1, 0.15) is 0 Å². The van der Waals surface area contributed by atoms with Crippen LogP contribution in [0.1, 0.15) is 136 Å². The molecule has 0 fully saturated rings. The van der Waals surface area contributed by atoms with Crippen molar-refractivity contribution in [1.29, 1.82) is 0 Å². The summed E-state index contributed by atoms with van der Waals surface area (Å²) in [6.45, 7) is 7.69. The fraction of sp³-hybridized carbons (Fsp3) is 0.840. The zero-order valence-corrected chi connectivity index (χ0v) is 19.4. The topological polar surface area (TPSA) is 74.6 Å². The molecule has 0 saturated heterocycles. The van der Waals surface area contributed by atoms with Gasteiger partial charge in [-0.05, 0) is 19.3 Å². The lowest BCUT2D eigenvalue weighted by atomic mass is 10.0. The smallest absolute Gasteiger partial charge is 0.330 e. The van der Waals surface area contributed by atoms with Crippen LogP contribution in [0.4, 0.5) is 0 Å². The molecule has 172 valence electrons. The van der Waals surface area contributed by atoms with Crippen molar-refractivity contribution >= 4 is 11.9 Å². The Balaban J connectivity index is 0. The van der Waals surface area contributed by atoms with Gasteiger partial charge in [0.25, 0.3) is 0 Å². The zero-order valence-electron chi connectivity index (χ0n) is 19.4. The van der Waals surface area contributed by atoms with E-state index in [-0.39, 0.29) is 0 Å². The van der Waals surface area contributed by atoms with Gasteiger partial charge in [-0.2, -0.15) is 0 Å². The molecule has 0 rings (SSSR count). The lowest BCUT2D eigenvalue weighted by molar-refractivity contribution is -0.137. The predicted molar refractivity (Wildman–Crippen MR) is 123 cm³/mol. The van der Waals surface area contributed by atoms with E-state index in [9.17, 15) is 9.59 Å². The quantitative estimate of drug-likeness (QED) is 0.156. The first-order chi connectivity index (χ1) is 14.0. The Bertz CT molecular complexity index is 390. The van der Waals surface area contributed by atoms with Crippen LogP contribution in [0.3, 0.4) is 0 Å². The first kappa shape index (κ1) is 29.9. The van der Waals surface area contributed by atoms with Gasteiger partial charge in [0.05, 0.1) is 0 Å². The number of unbranched alkanes of at least 4 members (excludes halogenated alkanes) is 15. The number of aliphatic carboxylic acids is 2. The summed E-state index contributed by atoms with van der Waals surface area (Å²) in [5.41, 5.74) is 0.317. The Morgan fingerprint density at radius 1 is 0.552 bits per heavy atom. The van der Waals surface area contributed by atoms with Gasteiger partial charge in [-0.15, -0.1) is 0 Å². The number of rotatable bonds is 20. The molecule has 29 heavy (non-hydrogen) atoms. The van der Waals surface area contributed by atoms with Gasteiger partial charge in [0.15, 0.2) is 0 Å². The van der Waals surface area contributed by atoms with Crippen LogP contribution in [0, 0.1) is 0 Å². The van der Waals surface area contributed by atoms with Crippen LogP contribution in [-0.2, 0) is 9.59 Å². The Morgan fingerprint density at radius 2 is 0.897 bits per heavy atom. The number of hydrogen-bond acceptors (Lipinski definition) is 2. The third kappa shape index (κ3) is 29.0. The molecule has 0 saturated carbocycles. The van der Waals surface area contributed by atoms with Crippen molar-refractivity contribution < 1.29 is 19.8 Å². The average molecular weight is 413 g/mol. The van der Waals surface area contributed by atoms with Gasteiger partial charge < -0.3 is 10.2 Å². The fourth-order valence-electron chi connectivity index (χ4n) is 3.14. The first-order valence-electron chi connectivity index (χ1n) is 12.1. The molecule has 0 spiro atoms. The van der Waals surface area contributed by atoms with E-state index in [2.05, 4.69) is 13.5 Å². The third-order valence-corrected chi connectivity index (χ3v) is 5.13. The van der Waals surface area contributed by atoms with E-state index >= 15 is 0 Å². The molecule has 0 aliphatic heterocycles. The second-order valence-electron chi connectivity index (χ2n) is 8.11. The van der Waals surface area contributed by atoms with E-state index in [0.717, 1.165) is 25.7 Å². The predicted octanol–water partition coefficient (Wildman–Crippen LogP) is 8.15. The van der Waals surface area contributed by atoms with Gasteiger partial charge in [0.2, 0.25) is 0 Å². The SMILES string of the molecule is C=C(CCCC)C(=O)O.CCCCCCCCCCCCCCCCCC(=O)O. The van der Waals surface area contributed by atoms with Crippen LogP contribution in [0.2, 0.25) is 0 Å². The molecular weight excluding hydrogens is 364 g/mol. The normalized spacial score (nSPS) is 10.3. The van der Waals surface area contributed by atoms with E-state index in [1.807, 2.05) is 6.92 Å². The van der Waals surface area contributed by atoms with Crippen LogP contribution in [0.5, 0.6) is 0 Å².